The predicted octanol–water partition coefficient (Wildman–Crippen LogP) is 5.22. The van der Waals surface area contributed by atoms with Crippen LogP contribution in [0.3, 0.4) is 0 Å². The van der Waals surface area contributed by atoms with Crippen molar-refractivity contribution in [2.24, 2.45) is 5.73 Å². The van der Waals surface area contributed by atoms with Gasteiger partial charge < -0.3 is 5.73 Å². The van der Waals surface area contributed by atoms with E-state index < -0.39 is 0 Å². The molecule has 1 atom stereocenters. The third-order valence-electron chi connectivity index (χ3n) is 4.74. The molecule has 0 fully saturated rings. The highest BCUT2D eigenvalue weighted by atomic mass is 14.8. The number of aromatic nitrogens is 1. The summed E-state index contributed by atoms with van der Waals surface area (Å²) in [6.07, 6.45) is 2.62. The number of rotatable bonds is 4. The second kappa shape index (κ2) is 7.20. The fraction of sp³-hybridized carbons (Fsp3) is 0.261. The summed E-state index contributed by atoms with van der Waals surface area (Å²) in [6, 6.07) is 17.1. The van der Waals surface area contributed by atoms with Gasteiger partial charge in [0.1, 0.15) is 0 Å². The molecule has 0 spiro atoms. The predicted molar refractivity (Wildman–Crippen MR) is 106 cm³/mol. The van der Waals surface area contributed by atoms with Crippen molar-refractivity contribution in [3.05, 3.63) is 88.2 Å². The van der Waals surface area contributed by atoms with Crippen LogP contribution in [0.1, 0.15) is 39.6 Å². The van der Waals surface area contributed by atoms with E-state index >= 15 is 0 Å². The Balaban J connectivity index is 1.95. The Kier molecular flexibility index (Phi) is 5.00. The molecule has 2 aromatic carbocycles. The zero-order chi connectivity index (χ0) is 18.0. The van der Waals surface area contributed by atoms with Crippen LogP contribution in [0.4, 0.5) is 0 Å². The lowest BCUT2D eigenvalue weighted by Crippen LogP contribution is -2.16. The first-order chi connectivity index (χ1) is 11.9. The molecule has 0 bridgehead atoms. The van der Waals surface area contributed by atoms with Crippen LogP contribution in [-0.4, -0.2) is 4.98 Å². The number of nitrogens with two attached hydrogens (primary N) is 1. The van der Waals surface area contributed by atoms with Gasteiger partial charge in [0.25, 0.3) is 0 Å². The van der Waals surface area contributed by atoms with Crippen LogP contribution in [0.5, 0.6) is 0 Å². The molecule has 0 aliphatic rings. The number of nitrogens with zero attached hydrogens (tertiary/aromatic N) is 1. The lowest BCUT2D eigenvalue weighted by molar-refractivity contribution is 0.698. The smallest absolute Gasteiger partial charge is 0.0652 e. The first kappa shape index (κ1) is 17.4. The fourth-order valence-electron chi connectivity index (χ4n) is 3.40. The van der Waals surface area contributed by atoms with Gasteiger partial charge in [0, 0.05) is 11.8 Å². The Morgan fingerprint density at radius 1 is 0.880 bits per heavy atom. The molecule has 128 valence electrons. The van der Waals surface area contributed by atoms with E-state index in [2.05, 4.69) is 75.1 Å². The minimum Gasteiger partial charge on any atom is -0.322 e. The zero-order valence-corrected chi connectivity index (χ0v) is 15.5. The maximum atomic E-state index is 6.57. The molecule has 2 heteroatoms. The van der Waals surface area contributed by atoms with Crippen molar-refractivity contribution in [1.29, 1.82) is 0 Å². The van der Waals surface area contributed by atoms with Gasteiger partial charge >= 0.3 is 0 Å². The van der Waals surface area contributed by atoms with Gasteiger partial charge in [-0.05, 0) is 62.4 Å². The Morgan fingerprint density at radius 3 is 2.28 bits per heavy atom. The molecule has 3 rings (SSSR count). The Hall–Kier alpha value is -2.45. The van der Waals surface area contributed by atoms with Gasteiger partial charge in [0.15, 0.2) is 0 Å². The maximum absolute atomic E-state index is 6.57. The summed E-state index contributed by atoms with van der Waals surface area (Å²) in [4.78, 5) is 4.62. The van der Waals surface area contributed by atoms with Crippen molar-refractivity contribution < 1.29 is 0 Å². The molecule has 1 unspecified atom stereocenters. The number of aryl methyl sites for hydroxylation is 4. The Bertz CT molecular complexity index is 876. The maximum Gasteiger partial charge on any atom is 0.0652 e. The van der Waals surface area contributed by atoms with E-state index in [1.807, 2.05) is 12.3 Å². The summed E-state index contributed by atoms with van der Waals surface area (Å²) in [5.41, 5.74) is 16.2. The molecule has 0 saturated heterocycles. The average Bonchev–Trinajstić information content (AvgIpc) is 2.56. The van der Waals surface area contributed by atoms with Crippen LogP contribution in [0.2, 0.25) is 0 Å². The molecule has 0 saturated carbocycles. The number of hydrogen-bond donors (Lipinski definition) is 1. The highest BCUT2D eigenvalue weighted by molar-refractivity contribution is 5.67. The van der Waals surface area contributed by atoms with Gasteiger partial charge in [-0.2, -0.15) is 0 Å². The fourth-order valence-corrected chi connectivity index (χ4v) is 3.40. The van der Waals surface area contributed by atoms with Gasteiger partial charge in [-0.15, -0.1) is 0 Å². The molecule has 25 heavy (non-hydrogen) atoms. The second-order valence-corrected chi connectivity index (χ2v) is 7.04. The molecule has 2 N–H and O–H groups in total. The topological polar surface area (TPSA) is 38.9 Å². The number of pyridine rings is 1. The van der Waals surface area contributed by atoms with Gasteiger partial charge in [-0.25, -0.2) is 0 Å². The quantitative estimate of drug-likeness (QED) is 0.712. The van der Waals surface area contributed by atoms with Crippen molar-refractivity contribution in [3.8, 4) is 11.1 Å². The van der Waals surface area contributed by atoms with E-state index in [4.69, 9.17) is 5.73 Å². The highest BCUT2D eigenvalue weighted by Crippen LogP contribution is 2.29. The van der Waals surface area contributed by atoms with Crippen molar-refractivity contribution in [2.75, 3.05) is 0 Å². The third kappa shape index (κ3) is 3.97. The van der Waals surface area contributed by atoms with Crippen LogP contribution < -0.4 is 5.73 Å². The summed E-state index contributed by atoms with van der Waals surface area (Å²) in [7, 11) is 0. The lowest BCUT2D eigenvalue weighted by atomic mass is 9.93. The van der Waals surface area contributed by atoms with E-state index in [1.165, 1.54) is 33.4 Å². The monoisotopic (exact) mass is 330 g/mol. The zero-order valence-electron chi connectivity index (χ0n) is 15.5. The van der Waals surface area contributed by atoms with Crippen LogP contribution >= 0.6 is 0 Å². The summed E-state index contributed by atoms with van der Waals surface area (Å²) < 4.78 is 0. The molecule has 2 nitrogen and oxygen atoms in total. The van der Waals surface area contributed by atoms with Gasteiger partial charge in [-0.3, -0.25) is 4.98 Å². The van der Waals surface area contributed by atoms with Crippen molar-refractivity contribution >= 4 is 0 Å². The van der Waals surface area contributed by atoms with Crippen LogP contribution in [0.15, 0.2) is 54.7 Å². The third-order valence-corrected chi connectivity index (χ3v) is 4.74. The lowest BCUT2D eigenvalue weighted by Gasteiger charge is -2.17. The molecule has 0 amide bonds. The van der Waals surface area contributed by atoms with E-state index in [0.717, 1.165) is 17.7 Å². The minimum absolute atomic E-state index is 0.126. The molecule has 0 aliphatic heterocycles. The Morgan fingerprint density at radius 2 is 1.60 bits per heavy atom. The second-order valence-electron chi connectivity index (χ2n) is 7.04. The number of hydrogen-bond acceptors (Lipinski definition) is 2. The van der Waals surface area contributed by atoms with E-state index in [1.54, 1.807) is 0 Å². The average molecular weight is 330 g/mol. The van der Waals surface area contributed by atoms with Crippen molar-refractivity contribution in [3.63, 3.8) is 0 Å². The first-order valence-corrected chi connectivity index (χ1v) is 8.79. The highest BCUT2D eigenvalue weighted by Gasteiger charge is 2.15. The molecule has 1 heterocycles. The van der Waals surface area contributed by atoms with Crippen LogP contribution in [-0.2, 0) is 6.42 Å². The molecule has 0 radical (unpaired) electrons. The Labute approximate surface area is 150 Å². The first-order valence-electron chi connectivity index (χ1n) is 8.79. The van der Waals surface area contributed by atoms with E-state index in [9.17, 15) is 0 Å². The van der Waals surface area contributed by atoms with E-state index in [-0.39, 0.29) is 6.04 Å². The van der Waals surface area contributed by atoms with Crippen LogP contribution in [0.25, 0.3) is 11.1 Å². The van der Waals surface area contributed by atoms with Gasteiger partial charge in [0.05, 0.1) is 11.7 Å². The van der Waals surface area contributed by atoms with E-state index in [0.29, 0.717) is 0 Å². The normalized spacial score (nSPS) is 12.2. The van der Waals surface area contributed by atoms with Crippen LogP contribution in [0, 0.1) is 27.7 Å². The molecule has 1 aromatic heterocycles. The standard InChI is InChI=1S/C23H26N2/c1-15-10-16(2)12-19(11-15)14-22(24)23-21(6-5-9-25-23)20-8-7-17(3)18(4)13-20/h5-13,22H,14,24H2,1-4H3. The summed E-state index contributed by atoms with van der Waals surface area (Å²) in [5, 5.41) is 0. The summed E-state index contributed by atoms with van der Waals surface area (Å²) in [6.45, 7) is 8.53. The molecule has 0 aliphatic carbocycles. The number of benzene rings is 2. The van der Waals surface area contributed by atoms with Crippen molar-refractivity contribution in [2.45, 2.75) is 40.2 Å². The summed E-state index contributed by atoms with van der Waals surface area (Å²) >= 11 is 0. The molecular weight excluding hydrogens is 304 g/mol. The van der Waals surface area contributed by atoms with Gasteiger partial charge in [0.2, 0.25) is 0 Å². The van der Waals surface area contributed by atoms with Gasteiger partial charge in [-0.1, -0.05) is 53.6 Å². The molecule has 3 aromatic rings. The summed E-state index contributed by atoms with van der Waals surface area (Å²) in [5.74, 6) is 0. The van der Waals surface area contributed by atoms with Crippen molar-refractivity contribution in [1.82, 2.24) is 4.98 Å². The SMILES string of the molecule is Cc1cc(C)cc(CC(N)c2ncccc2-c2ccc(C)c(C)c2)c1. The minimum atomic E-state index is -0.126. The molecular formula is C23H26N2. The largest absolute Gasteiger partial charge is 0.322 e.